The molecule has 1 amide bonds. The van der Waals surface area contributed by atoms with Gasteiger partial charge in [-0.05, 0) is 29.8 Å². The predicted molar refractivity (Wildman–Crippen MR) is 97.1 cm³/mol. The summed E-state index contributed by atoms with van der Waals surface area (Å²) in [7, 11) is 3.34. The van der Waals surface area contributed by atoms with Crippen LogP contribution in [-0.2, 0) is 6.54 Å². The number of carbonyl (C=O) groups is 1. The van der Waals surface area contributed by atoms with Crippen LogP contribution >= 0.6 is 23.2 Å². The maximum atomic E-state index is 12.7. The Bertz CT molecular complexity index is 905. The molecule has 1 heterocycles. The number of rotatable bonds is 4. The molecule has 0 aliphatic carbocycles. The number of carbonyl (C=O) groups excluding carboxylic acids is 1. The Morgan fingerprint density at radius 1 is 1.21 bits per heavy atom. The highest BCUT2D eigenvalue weighted by atomic mass is 35.5. The lowest BCUT2D eigenvalue weighted by atomic mass is 10.2. The van der Waals surface area contributed by atoms with Crippen LogP contribution in [0.25, 0.3) is 10.9 Å². The van der Waals surface area contributed by atoms with E-state index < -0.39 is 0 Å². The van der Waals surface area contributed by atoms with Gasteiger partial charge in [-0.15, -0.1) is 0 Å². The molecule has 6 heteroatoms. The third kappa shape index (κ3) is 3.21. The van der Waals surface area contributed by atoms with Crippen molar-refractivity contribution in [2.75, 3.05) is 14.2 Å². The van der Waals surface area contributed by atoms with Crippen LogP contribution in [-0.4, -0.2) is 29.9 Å². The molecule has 0 saturated heterocycles. The molecule has 0 aliphatic heterocycles. The number of halogens is 2. The normalized spacial score (nSPS) is 10.8. The first kappa shape index (κ1) is 16.7. The summed E-state index contributed by atoms with van der Waals surface area (Å²) in [5, 5.41) is 1.90. The van der Waals surface area contributed by atoms with Crippen molar-refractivity contribution in [3.05, 3.63) is 63.8 Å². The van der Waals surface area contributed by atoms with Gasteiger partial charge in [-0.25, -0.2) is 0 Å². The minimum Gasteiger partial charge on any atom is -0.497 e. The van der Waals surface area contributed by atoms with E-state index in [1.807, 2.05) is 36.4 Å². The highest BCUT2D eigenvalue weighted by Crippen LogP contribution is 2.27. The van der Waals surface area contributed by atoms with Gasteiger partial charge >= 0.3 is 0 Å². The molecule has 0 fully saturated rings. The number of nitrogens with zero attached hydrogens (tertiary/aromatic N) is 1. The molecule has 1 N–H and O–H groups in total. The lowest BCUT2D eigenvalue weighted by molar-refractivity contribution is 0.0780. The van der Waals surface area contributed by atoms with Crippen molar-refractivity contribution in [2.45, 2.75) is 6.54 Å². The fourth-order valence-corrected chi connectivity index (χ4v) is 2.93. The summed E-state index contributed by atoms with van der Waals surface area (Å²) in [6.07, 6.45) is 0. The second-order valence-corrected chi connectivity index (χ2v) is 6.30. The van der Waals surface area contributed by atoms with Crippen molar-refractivity contribution < 1.29 is 9.53 Å². The molecular formula is C18H16Cl2N2O2. The van der Waals surface area contributed by atoms with Gasteiger partial charge in [-0.2, -0.15) is 0 Å². The molecule has 0 bridgehead atoms. The van der Waals surface area contributed by atoms with Crippen LogP contribution in [0.3, 0.4) is 0 Å². The molecule has 4 nitrogen and oxygen atoms in total. The van der Waals surface area contributed by atoms with Crippen LogP contribution < -0.4 is 4.74 Å². The van der Waals surface area contributed by atoms with Gasteiger partial charge in [-0.1, -0.05) is 35.3 Å². The van der Waals surface area contributed by atoms with Crippen LogP contribution in [0.1, 0.15) is 16.1 Å². The van der Waals surface area contributed by atoms with Gasteiger partial charge in [0.2, 0.25) is 0 Å². The Hall–Kier alpha value is -2.17. The van der Waals surface area contributed by atoms with E-state index in [2.05, 4.69) is 4.98 Å². The zero-order valence-electron chi connectivity index (χ0n) is 13.3. The number of ether oxygens (including phenoxy) is 1. The monoisotopic (exact) mass is 362 g/mol. The molecule has 0 spiro atoms. The lowest BCUT2D eigenvalue weighted by Gasteiger charge is -2.17. The number of hydrogen-bond acceptors (Lipinski definition) is 2. The molecule has 3 rings (SSSR count). The number of nitrogens with one attached hydrogen (secondary N) is 1. The maximum Gasteiger partial charge on any atom is 0.270 e. The Kier molecular flexibility index (Phi) is 4.69. The quantitative estimate of drug-likeness (QED) is 0.727. The van der Waals surface area contributed by atoms with Gasteiger partial charge < -0.3 is 14.6 Å². The van der Waals surface area contributed by atoms with Gasteiger partial charge in [0, 0.05) is 30.6 Å². The van der Waals surface area contributed by atoms with Crippen molar-refractivity contribution in [1.29, 1.82) is 0 Å². The standard InChI is InChI=1S/C18H16Cl2N2O2/c1-22(10-12-4-3-5-14(19)17(12)20)18(23)16-8-11-6-7-13(24-2)9-15(11)21-16/h3-9,21H,10H2,1-2H3. The van der Waals surface area contributed by atoms with E-state index in [9.17, 15) is 4.79 Å². The predicted octanol–water partition coefficient (Wildman–Crippen LogP) is 4.76. The zero-order chi connectivity index (χ0) is 17.3. The number of H-pyrrole nitrogens is 1. The molecule has 1 aromatic heterocycles. The molecule has 0 atom stereocenters. The fourth-order valence-electron chi connectivity index (χ4n) is 2.55. The van der Waals surface area contributed by atoms with E-state index in [1.165, 1.54) is 0 Å². The lowest BCUT2D eigenvalue weighted by Crippen LogP contribution is -2.26. The summed E-state index contributed by atoms with van der Waals surface area (Å²) in [6, 6.07) is 12.9. The summed E-state index contributed by atoms with van der Waals surface area (Å²) < 4.78 is 5.20. The summed E-state index contributed by atoms with van der Waals surface area (Å²) >= 11 is 12.2. The fraction of sp³-hybridized carbons (Fsp3) is 0.167. The first-order chi connectivity index (χ1) is 11.5. The topological polar surface area (TPSA) is 45.3 Å². The Labute approximate surface area is 149 Å². The number of aromatic amines is 1. The van der Waals surface area contributed by atoms with Crippen molar-refractivity contribution in [3.63, 3.8) is 0 Å². The highest BCUT2D eigenvalue weighted by molar-refractivity contribution is 6.42. The van der Waals surface area contributed by atoms with E-state index in [0.29, 0.717) is 22.3 Å². The maximum absolute atomic E-state index is 12.7. The summed E-state index contributed by atoms with van der Waals surface area (Å²) in [5.41, 5.74) is 2.17. The van der Waals surface area contributed by atoms with Crippen LogP contribution in [0.5, 0.6) is 5.75 Å². The molecule has 3 aromatic rings. The smallest absolute Gasteiger partial charge is 0.270 e. The van der Waals surface area contributed by atoms with E-state index in [-0.39, 0.29) is 5.91 Å². The number of hydrogen-bond donors (Lipinski definition) is 1. The van der Waals surface area contributed by atoms with Gasteiger partial charge in [-0.3, -0.25) is 4.79 Å². The second kappa shape index (κ2) is 6.75. The molecule has 124 valence electrons. The van der Waals surface area contributed by atoms with Gasteiger partial charge in [0.25, 0.3) is 5.91 Å². The molecular weight excluding hydrogens is 347 g/mol. The third-order valence-corrected chi connectivity index (χ3v) is 4.70. The largest absolute Gasteiger partial charge is 0.497 e. The summed E-state index contributed by atoms with van der Waals surface area (Å²) in [6.45, 7) is 0.372. The van der Waals surface area contributed by atoms with Crippen molar-refractivity contribution >= 4 is 40.0 Å². The summed E-state index contributed by atoms with van der Waals surface area (Å²) in [4.78, 5) is 17.4. The third-order valence-electron chi connectivity index (χ3n) is 3.85. The van der Waals surface area contributed by atoms with Crippen LogP contribution in [0, 0.1) is 0 Å². The first-order valence-electron chi connectivity index (χ1n) is 7.34. The molecule has 24 heavy (non-hydrogen) atoms. The van der Waals surface area contributed by atoms with E-state index in [0.717, 1.165) is 22.2 Å². The molecule has 0 aliphatic rings. The first-order valence-corrected chi connectivity index (χ1v) is 8.10. The zero-order valence-corrected chi connectivity index (χ0v) is 14.8. The number of amides is 1. The number of fused-ring (bicyclic) bond motifs is 1. The Morgan fingerprint density at radius 2 is 2.00 bits per heavy atom. The minimum atomic E-state index is -0.124. The van der Waals surface area contributed by atoms with Crippen LogP contribution in [0.15, 0.2) is 42.5 Å². The average molecular weight is 363 g/mol. The van der Waals surface area contributed by atoms with Crippen molar-refractivity contribution in [1.82, 2.24) is 9.88 Å². The SMILES string of the molecule is COc1ccc2cc(C(=O)N(C)Cc3cccc(Cl)c3Cl)[nH]c2c1. The minimum absolute atomic E-state index is 0.124. The highest BCUT2D eigenvalue weighted by Gasteiger charge is 2.16. The van der Waals surface area contributed by atoms with Gasteiger partial charge in [0.15, 0.2) is 0 Å². The van der Waals surface area contributed by atoms with E-state index >= 15 is 0 Å². The van der Waals surface area contributed by atoms with E-state index in [4.69, 9.17) is 27.9 Å². The number of methoxy groups -OCH3 is 1. The van der Waals surface area contributed by atoms with Crippen LogP contribution in [0.4, 0.5) is 0 Å². The second-order valence-electron chi connectivity index (χ2n) is 5.51. The average Bonchev–Trinajstić information content (AvgIpc) is 3.01. The number of aromatic nitrogens is 1. The van der Waals surface area contributed by atoms with E-state index in [1.54, 1.807) is 25.1 Å². The molecule has 2 aromatic carbocycles. The van der Waals surface area contributed by atoms with Crippen molar-refractivity contribution in [3.8, 4) is 5.75 Å². The number of benzene rings is 2. The molecule has 0 radical (unpaired) electrons. The Balaban J connectivity index is 1.84. The van der Waals surface area contributed by atoms with Crippen LogP contribution in [0.2, 0.25) is 10.0 Å². The van der Waals surface area contributed by atoms with Crippen molar-refractivity contribution in [2.24, 2.45) is 0 Å². The molecule has 0 saturated carbocycles. The van der Waals surface area contributed by atoms with Gasteiger partial charge in [0.05, 0.1) is 17.2 Å². The molecule has 0 unspecified atom stereocenters. The summed E-state index contributed by atoms with van der Waals surface area (Å²) in [5.74, 6) is 0.614. The van der Waals surface area contributed by atoms with Gasteiger partial charge in [0.1, 0.15) is 11.4 Å². The Morgan fingerprint density at radius 3 is 2.75 bits per heavy atom.